The lowest BCUT2D eigenvalue weighted by Crippen LogP contribution is -2.40. The van der Waals surface area contributed by atoms with Gasteiger partial charge in [-0.1, -0.05) is 6.92 Å². The maximum Gasteiger partial charge on any atom is 0.310 e. The van der Waals surface area contributed by atoms with Gasteiger partial charge in [-0.3, -0.25) is 14.3 Å². The molecule has 1 aromatic heterocycles. The third kappa shape index (κ3) is 4.25. The smallest absolute Gasteiger partial charge is 0.310 e. The third-order valence-electron chi connectivity index (χ3n) is 4.84. The summed E-state index contributed by atoms with van der Waals surface area (Å²) in [7, 11) is -3.32. The van der Waals surface area contributed by atoms with Gasteiger partial charge in [0.25, 0.3) is 4.84 Å². The van der Waals surface area contributed by atoms with Crippen LogP contribution in [-0.2, 0) is 26.0 Å². The average Bonchev–Trinajstić information content (AvgIpc) is 2.97. The summed E-state index contributed by atoms with van der Waals surface area (Å²) in [5.74, 6) is -0.286. The molecule has 1 aromatic carbocycles. The van der Waals surface area contributed by atoms with Gasteiger partial charge in [0, 0.05) is 6.54 Å². The Hall–Kier alpha value is -1.71. The molecule has 0 amide bonds. The highest BCUT2D eigenvalue weighted by atomic mass is 32.2. The molecule has 1 aliphatic rings. The lowest BCUT2D eigenvalue weighted by atomic mass is 9.98. The number of oxazole rings is 1. The van der Waals surface area contributed by atoms with Gasteiger partial charge in [-0.15, -0.1) is 0 Å². The zero-order valence-corrected chi connectivity index (χ0v) is 17.1. The van der Waals surface area contributed by atoms with Crippen molar-refractivity contribution < 1.29 is 22.4 Å². The summed E-state index contributed by atoms with van der Waals surface area (Å²) in [6, 6.07) is 4.80. The highest BCUT2D eigenvalue weighted by molar-refractivity contribution is 7.91. The summed E-state index contributed by atoms with van der Waals surface area (Å²) in [5.41, 5.74) is 1.20. The zero-order valence-electron chi connectivity index (χ0n) is 15.5. The van der Waals surface area contributed by atoms with E-state index in [1.165, 1.54) is 0 Å². The molecule has 0 N–H and O–H groups in total. The number of rotatable bonds is 6. The van der Waals surface area contributed by atoms with Crippen molar-refractivity contribution in [1.29, 1.82) is 0 Å². The molecule has 1 atom stereocenters. The number of piperidine rings is 1. The number of carbonyl (C=O) groups is 1. The first-order chi connectivity index (χ1) is 12.9. The van der Waals surface area contributed by atoms with Crippen molar-refractivity contribution in [2.45, 2.75) is 38.3 Å². The molecule has 0 bridgehead atoms. The Labute approximate surface area is 163 Å². The molecule has 0 aliphatic carbocycles. The molecule has 148 valence electrons. The van der Waals surface area contributed by atoms with Crippen molar-refractivity contribution in [2.24, 2.45) is 5.92 Å². The van der Waals surface area contributed by atoms with Crippen molar-refractivity contribution >= 4 is 39.1 Å². The lowest BCUT2D eigenvalue weighted by Gasteiger charge is -2.31. The zero-order chi connectivity index (χ0) is 19.6. The molecule has 0 radical (unpaired) electrons. The molecule has 1 saturated heterocycles. The second kappa shape index (κ2) is 8.12. The average molecular weight is 413 g/mol. The van der Waals surface area contributed by atoms with E-state index in [0.717, 1.165) is 19.4 Å². The molecule has 1 unspecified atom stereocenters. The van der Waals surface area contributed by atoms with Crippen LogP contribution in [0.15, 0.2) is 27.5 Å². The Balaban J connectivity index is 1.88. The predicted octanol–water partition coefficient (Wildman–Crippen LogP) is 2.99. The van der Waals surface area contributed by atoms with Gasteiger partial charge in [0.05, 0.1) is 35.4 Å². The monoisotopic (exact) mass is 412 g/mol. The van der Waals surface area contributed by atoms with Crippen molar-refractivity contribution in [2.75, 3.05) is 25.4 Å². The van der Waals surface area contributed by atoms with Gasteiger partial charge in [-0.05, 0) is 56.7 Å². The van der Waals surface area contributed by atoms with Crippen LogP contribution in [0, 0.1) is 10.8 Å². The standard InChI is InChI=1S/C18H24N2O5S2/c1-3-24-17(21)13-6-5-9-19(11-13)12-20-15-10-14(27(22,23)4-2)7-8-16(15)25-18(20)26/h7-8,10,13H,3-6,9,11-12H2,1-2H3. The maximum atomic E-state index is 12.2. The van der Waals surface area contributed by atoms with E-state index in [4.69, 9.17) is 21.4 Å². The molecule has 1 aliphatic heterocycles. The molecular formula is C18H24N2O5S2. The number of esters is 1. The van der Waals surface area contributed by atoms with Gasteiger partial charge >= 0.3 is 5.97 Å². The van der Waals surface area contributed by atoms with E-state index in [1.807, 2.05) is 0 Å². The SMILES string of the molecule is CCOC(=O)C1CCCN(Cn2c(=S)oc3ccc(S(=O)(=O)CC)cc32)C1. The van der Waals surface area contributed by atoms with Gasteiger partial charge in [0.2, 0.25) is 0 Å². The van der Waals surface area contributed by atoms with E-state index in [0.29, 0.717) is 30.9 Å². The molecule has 9 heteroatoms. The summed E-state index contributed by atoms with van der Waals surface area (Å²) in [6.07, 6.45) is 1.70. The minimum atomic E-state index is -3.32. The number of carbonyl (C=O) groups excluding carboxylic acids is 1. The van der Waals surface area contributed by atoms with E-state index in [9.17, 15) is 13.2 Å². The molecule has 0 spiro atoms. The van der Waals surface area contributed by atoms with Crippen LogP contribution in [0.2, 0.25) is 0 Å². The van der Waals surface area contributed by atoms with Crippen molar-refractivity contribution in [1.82, 2.24) is 9.47 Å². The van der Waals surface area contributed by atoms with E-state index >= 15 is 0 Å². The number of hydrogen-bond donors (Lipinski definition) is 0. The van der Waals surface area contributed by atoms with E-state index in [1.54, 1.807) is 36.6 Å². The highest BCUT2D eigenvalue weighted by Gasteiger charge is 2.27. The Morgan fingerprint density at radius 1 is 1.37 bits per heavy atom. The highest BCUT2D eigenvalue weighted by Crippen LogP contribution is 2.24. The van der Waals surface area contributed by atoms with Gasteiger partial charge in [0.1, 0.15) is 0 Å². The first-order valence-electron chi connectivity index (χ1n) is 9.10. The number of benzene rings is 1. The summed E-state index contributed by atoms with van der Waals surface area (Å²) in [5, 5.41) is 0. The van der Waals surface area contributed by atoms with Gasteiger partial charge < -0.3 is 9.15 Å². The Bertz CT molecular complexity index is 993. The largest absolute Gasteiger partial charge is 0.466 e. The molecule has 1 fully saturated rings. The van der Waals surface area contributed by atoms with E-state index in [2.05, 4.69) is 4.90 Å². The van der Waals surface area contributed by atoms with Crippen LogP contribution in [0.3, 0.4) is 0 Å². The fraction of sp³-hybridized carbons (Fsp3) is 0.556. The molecule has 0 saturated carbocycles. The number of fused-ring (bicyclic) bond motifs is 1. The van der Waals surface area contributed by atoms with Crippen LogP contribution < -0.4 is 0 Å². The first kappa shape index (κ1) is 20.0. The summed E-state index contributed by atoms with van der Waals surface area (Å²) in [4.78, 5) is 14.7. The fourth-order valence-corrected chi connectivity index (χ4v) is 4.52. The van der Waals surface area contributed by atoms with Crippen LogP contribution in [0.1, 0.15) is 26.7 Å². The van der Waals surface area contributed by atoms with Gasteiger partial charge in [0.15, 0.2) is 15.4 Å². The molecular weight excluding hydrogens is 388 g/mol. The van der Waals surface area contributed by atoms with Crippen LogP contribution in [-0.4, -0.2) is 49.3 Å². The quantitative estimate of drug-likeness (QED) is 0.533. The minimum Gasteiger partial charge on any atom is -0.466 e. The topological polar surface area (TPSA) is 81.8 Å². The summed E-state index contributed by atoms with van der Waals surface area (Å²) < 4.78 is 37.0. The van der Waals surface area contributed by atoms with Crippen LogP contribution in [0.5, 0.6) is 0 Å². The second-order valence-corrected chi connectivity index (χ2v) is 9.27. The first-order valence-corrected chi connectivity index (χ1v) is 11.2. The molecule has 7 nitrogen and oxygen atoms in total. The van der Waals surface area contributed by atoms with E-state index in [-0.39, 0.29) is 27.4 Å². The Morgan fingerprint density at radius 3 is 2.85 bits per heavy atom. The normalized spacial score (nSPS) is 18.7. The third-order valence-corrected chi connectivity index (χ3v) is 6.88. The van der Waals surface area contributed by atoms with Crippen molar-refractivity contribution in [3.63, 3.8) is 0 Å². The second-order valence-electron chi connectivity index (χ2n) is 6.64. The Kier molecular flexibility index (Phi) is 6.02. The molecule has 3 rings (SSSR count). The van der Waals surface area contributed by atoms with Crippen LogP contribution in [0.4, 0.5) is 0 Å². The summed E-state index contributed by atoms with van der Waals surface area (Å²) >= 11 is 5.34. The number of likely N-dealkylation sites (tertiary alicyclic amines) is 1. The van der Waals surface area contributed by atoms with E-state index < -0.39 is 9.84 Å². The number of sulfone groups is 1. The molecule has 2 aromatic rings. The summed E-state index contributed by atoms with van der Waals surface area (Å²) in [6.45, 7) is 5.65. The van der Waals surface area contributed by atoms with Gasteiger partial charge in [-0.2, -0.15) is 0 Å². The van der Waals surface area contributed by atoms with Gasteiger partial charge in [-0.25, -0.2) is 8.42 Å². The molecule has 27 heavy (non-hydrogen) atoms. The number of aromatic nitrogens is 1. The predicted molar refractivity (Wildman–Crippen MR) is 104 cm³/mol. The minimum absolute atomic E-state index is 0.0322. The van der Waals surface area contributed by atoms with Crippen LogP contribution in [0.25, 0.3) is 11.1 Å². The van der Waals surface area contributed by atoms with Crippen LogP contribution >= 0.6 is 12.2 Å². The number of ether oxygens (including phenoxy) is 1. The lowest BCUT2D eigenvalue weighted by molar-refractivity contribution is -0.150. The number of hydrogen-bond acceptors (Lipinski definition) is 7. The molecule has 2 heterocycles. The number of nitrogens with zero attached hydrogens (tertiary/aromatic N) is 2. The maximum absolute atomic E-state index is 12.2. The Morgan fingerprint density at radius 2 is 2.15 bits per heavy atom. The van der Waals surface area contributed by atoms with Crippen molar-refractivity contribution in [3.05, 3.63) is 23.0 Å². The fourth-order valence-electron chi connectivity index (χ4n) is 3.37. The van der Waals surface area contributed by atoms with Crippen molar-refractivity contribution in [3.8, 4) is 0 Å².